The molecule has 1 unspecified atom stereocenters. The summed E-state index contributed by atoms with van der Waals surface area (Å²) in [5.74, 6) is -0.801. The van der Waals surface area contributed by atoms with Gasteiger partial charge in [0.25, 0.3) is 0 Å². The van der Waals surface area contributed by atoms with E-state index in [9.17, 15) is 18.0 Å². The van der Waals surface area contributed by atoms with Crippen LogP contribution in [0.15, 0.2) is 5.16 Å². The molecule has 0 heterocycles. The molecule has 6 nitrogen and oxygen atoms in total. The van der Waals surface area contributed by atoms with Crippen LogP contribution in [0.3, 0.4) is 0 Å². The summed E-state index contributed by atoms with van der Waals surface area (Å²) in [6.45, 7) is 1.39. The van der Waals surface area contributed by atoms with Crippen molar-refractivity contribution in [3.8, 4) is 0 Å². The van der Waals surface area contributed by atoms with Gasteiger partial charge in [0.2, 0.25) is 5.91 Å². The van der Waals surface area contributed by atoms with Gasteiger partial charge in [-0.25, -0.2) is 0 Å². The molecule has 0 radical (unpaired) electrons. The Labute approximate surface area is 108 Å². The maximum atomic E-state index is 11.8. The number of carbonyl (C=O) groups is 1. The van der Waals surface area contributed by atoms with Crippen molar-refractivity contribution in [2.75, 3.05) is 19.8 Å². The van der Waals surface area contributed by atoms with Gasteiger partial charge in [0.1, 0.15) is 12.0 Å². The smallest absolute Gasteiger partial charge is 0.409 e. The third-order valence-electron chi connectivity index (χ3n) is 2.68. The topological polar surface area (TPSA) is 96.9 Å². The van der Waals surface area contributed by atoms with Crippen LogP contribution in [0.2, 0.25) is 0 Å². The van der Waals surface area contributed by atoms with Crippen LogP contribution in [0.25, 0.3) is 0 Å². The number of hydrogen-bond acceptors (Lipinski definition) is 4. The van der Waals surface area contributed by atoms with Crippen molar-refractivity contribution in [3.63, 3.8) is 0 Å². The minimum Gasteiger partial charge on any atom is -0.409 e. The van der Waals surface area contributed by atoms with Crippen molar-refractivity contribution in [2.24, 2.45) is 16.3 Å². The second kappa shape index (κ2) is 7.17. The number of rotatable bonds is 7. The number of oxime groups is 1. The lowest BCUT2D eigenvalue weighted by Gasteiger charge is -2.25. The first kappa shape index (κ1) is 17.5. The largest absolute Gasteiger partial charge is 0.411 e. The van der Waals surface area contributed by atoms with Crippen LogP contribution in [0.4, 0.5) is 13.2 Å². The summed E-state index contributed by atoms with van der Waals surface area (Å²) in [5.41, 5.74) is 4.20. The highest BCUT2D eigenvalue weighted by Gasteiger charge is 2.36. The van der Waals surface area contributed by atoms with E-state index in [1.54, 1.807) is 6.92 Å². The lowest BCUT2D eigenvalue weighted by molar-refractivity contribution is -0.173. The molecule has 0 aromatic carbocycles. The quantitative estimate of drug-likeness (QED) is 0.212. The zero-order chi connectivity index (χ0) is 15.1. The number of hydrogen-bond donors (Lipinski definition) is 3. The molecule has 19 heavy (non-hydrogen) atoms. The molecule has 0 rings (SSSR count). The van der Waals surface area contributed by atoms with Gasteiger partial charge in [-0.2, -0.15) is 13.2 Å². The van der Waals surface area contributed by atoms with Crippen molar-refractivity contribution in [2.45, 2.75) is 26.4 Å². The Kier molecular flexibility index (Phi) is 6.60. The first-order valence-corrected chi connectivity index (χ1v) is 5.58. The van der Waals surface area contributed by atoms with Crippen LogP contribution in [-0.4, -0.2) is 42.9 Å². The number of halogens is 3. The summed E-state index contributed by atoms with van der Waals surface area (Å²) in [6, 6.07) is 0. The van der Waals surface area contributed by atoms with Crippen LogP contribution in [0.5, 0.6) is 0 Å². The Bertz CT molecular complexity index is 334. The summed E-state index contributed by atoms with van der Waals surface area (Å²) in [7, 11) is 0. The average Bonchev–Trinajstić information content (AvgIpc) is 2.34. The van der Waals surface area contributed by atoms with Gasteiger partial charge in [-0.1, -0.05) is 12.1 Å². The predicted octanol–water partition coefficient (Wildman–Crippen LogP) is 0.844. The Morgan fingerprint density at radius 2 is 2.05 bits per heavy atom. The van der Waals surface area contributed by atoms with Crippen molar-refractivity contribution >= 4 is 11.7 Å². The summed E-state index contributed by atoms with van der Waals surface area (Å²) in [5, 5.41) is 13.7. The molecule has 0 saturated carbocycles. The molecule has 1 atom stereocenters. The van der Waals surface area contributed by atoms with Crippen LogP contribution in [-0.2, 0) is 9.53 Å². The number of nitrogens with one attached hydrogen (secondary N) is 1. The molecular formula is C10H18F3N3O3. The highest BCUT2D eigenvalue weighted by molar-refractivity contribution is 6.06. The number of nitrogens with zero attached hydrogens (tertiary/aromatic N) is 1. The van der Waals surface area contributed by atoms with Gasteiger partial charge >= 0.3 is 6.18 Å². The van der Waals surface area contributed by atoms with E-state index in [-0.39, 0.29) is 25.4 Å². The Hall–Kier alpha value is -1.51. The fourth-order valence-electron chi connectivity index (χ4n) is 1.19. The third-order valence-corrected chi connectivity index (χ3v) is 2.68. The minimum absolute atomic E-state index is 0.0940. The first-order chi connectivity index (χ1) is 8.67. The van der Waals surface area contributed by atoms with Gasteiger partial charge in [-0.3, -0.25) is 4.79 Å². The van der Waals surface area contributed by atoms with Gasteiger partial charge < -0.3 is 21.0 Å². The highest BCUT2D eigenvalue weighted by Crippen LogP contribution is 2.21. The molecule has 0 aliphatic carbocycles. The number of carbonyl (C=O) groups excluding carboxylic acids is 1. The third kappa shape index (κ3) is 5.77. The van der Waals surface area contributed by atoms with Crippen molar-refractivity contribution in [3.05, 3.63) is 0 Å². The molecular weight excluding hydrogens is 267 g/mol. The highest BCUT2D eigenvalue weighted by atomic mass is 19.4. The fourth-order valence-corrected chi connectivity index (χ4v) is 1.19. The fraction of sp³-hybridized carbons (Fsp3) is 0.800. The number of ether oxygens (including phenoxy) is 1. The van der Waals surface area contributed by atoms with E-state index in [4.69, 9.17) is 10.9 Å². The Balaban J connectivity index is 4.17. The Morgan fingerprint density at radius 3 is 2.47 bits per heavy atom. The predicted molar refractivity (Wildman–Crippen MR) is 61.7 cm³/mol. The maximum Gasteiger partial charge on any atom is 0.411 e. The van der Waals surface area contributed by atoms with Crippen LogP contribution >= 0.6 is 0 Å². The van der Waals surface area contributed by atoms with Gasteiger partial charge in [-0.05, 0) is 13.3 Å². The van der Waals surface area contributed by atoms with Crippen LogP contribution in [0.1, 0.15) is 20.3 Å². The summed E-state index contributed by atoms with van der Waals surface area (Å²) in [6.07, 6.45) is -4.12. The molecule has 1 amide bonds. The Morgan fingerprint density at radius 1 is 1.47 bits per heavy atom. The van der Waals surface area contributed by atoms with Gasteiger partial charge in [-0.15, -0.1) is 0 Å². The van der Waals surface area contributed by atoms with Crippen molar-refractivity contribution in [1.29, 1.82) is 0 Å². The summed E-state index contributed by atoms with van der Waals surface area (Å²) in [4.78, 5) is 11.8. The second-order valence-corrected chi connectivity index (χ2v) is 4.09. The lowest BCUT2D eigenvalue weighted by atomic mass is 9.85. The maximum absolute atomic E-state index is 11.8. The number of nitrogens with two attached hydrogens (primary N) is 1. The van der Waals surface area contributed by atoms with Gasteiger partial charge in [0.05, 0.1) is 6.61 Å². The number of alkyl halides is 3. The molecule has 0 aliphatic heterocycles. The standard InChI is InChI=1S/C10H18F3N3O3/c1-3-9(2,7(14)16-18)8(17)15-4-5-19-6-10(11,12)13/h18H,3-6H2,1-2H3,(H2,14,16)(H,15,17). The van der Waals surface area contributed by atoms with Crippen LogP contribution in [0, 0.1) is 5.41 Å². The molecule has 0 aromatic heterocycles. The SMILES string of the molecule is CCC(C)(C(=O)NCCOCC(F)(F)F)C(N)=NO. The van der Waals surface area contributed by atoms with E-state index in [1.165, 1.54) is 6.92 Å². The van der Waals surface area contributed by atoms with Crippen LogP contribution < -0.4 is 11.1 Å². The van der Waals surface area contributed by atoms with Crippen molar-refractivity contribution in [1.82, 2.24) is 5.32 Å². The normalized spacial score (nSPS) is 15.9. The van der Waals surface area contributed by atoms with Crippen molar-refractivity contribution < 1.29 is 27.9 Å². The average molecular weight is 285 g/mol. The van der Waals surface area contributed by atoms with E-state index >= 15 is 0 Å². The molecule has 0 fully saturated rings. The zero-order valence-corrected chi connectivity index (χ0v) is 10.8. The van der Waals surface area contributed by atoms with E-state index < -0.39 is 24.1 Å². The summed E-state index contributed by atoms with van der Waals surface area (Å²) < 4.78 is 39.6. The molecule has 0 saturated heterocycles. The molecule has 0 aromatic rings. The molecule has 0 spiro atoms. The molecule has 0 aliphatic rings. The first-order valence-electron chi connectivity index (χ1n) is 5.58. The second-order valence-electron chi connectivity index (χ2n) is 4.09. The lowest BCUT2D eigenvalue weighted by Crippen LogP contribution is -2.48. The molecule has 0 bridgehead atoms. The zero-order valence-electron chi connectivity index (χ0n) is 10.8. The monoisotopic (exact) mass is 285 g/mol. The van der Waals surface area contributed by atoms with E-state index in [1.807, 2.05) is 0 Å². The molecule has 112 valence electrons. The van der Waals surface area contributed by atoms with Gasteiger partial charge in [0, 0.05) is 6.54 Å². The summed E-state index contributed by atoms with van der Waals surface area (Å²) >= 11 is 0. The molecule has 9 heteroatoms. The van der Waals surface area contributed by atoms with E-state index in [0.717, 1.165) is 0 Å². The van der Waals surface area contributed by atoms with E-state index in [2.05, 4.69) is 15.2 Å². The minimum atomic E-state index is -4.39. The number of amidine groups is 1. The van der Waals surface area contributed by atoms with E-state index in [0.29, 0.717) is 0 Å². The van der Waals surface area contributed by atoms with Gasteiger partial charge in [0.15, 0.2) is 5.84 Å². The number of amides is 1. The molecule has 4 N–H and O–H groups in total.